The minimum absolute atomic E-state index is 0.000707. The van der Waals surface area contributed by atoms with Gasteiger partial charge >= 0.3 is 11.9 Å². The number of anilines is 1. The molecule has 0 bridgehead atoms. The van der Waals surface area contributed by atoms with Gasteiger partial charge in [-0.05, 0) is 40.2 Å². The van der Waals surface area contributed by atoms with Gasteiger partial charge in [0.15, 0.2) is 0 Å². The minimum atomic E-state index is -1.12. The van der Waals surface area contributed by atoms with Gasteiger partial charge < -0.3 is 10.4 Å². The Kier molecular flexibility index (Phi) is 4.75. The summed E-state index contributed by atoms with van der Waals surface area (Å²) < 4.78 is 0.484. The first-order valence-electron chi connectivity index (χ1n) is 5.98. The summed E-state index contributed by atoms with van der Waals surface area (Å²) in [5.74, 6) is 3.44. The number of para-hydroxylation sites is 1. The van der Waals surface area contributed by atoms with Crippen molar-refractivity contribution in [3.05, 3.63) is 64.1 Å². The summed E-state index contributed by atoms with van der Waals surface area (Å²) >= 11 is 3.21. The summed E-state index contributed by atoms with van der Waals surface area (Å²) in [7, 11) is 0. The number of aromatic carboxylic acids is 1. The molecule has 0 saturated carbocycles. The van der Waals surface area contributed by atoms with Gasteiger partial charge in [0, 0.05) is 16.0 Å². The lowest BCUT2D eigenvalue weighted by atomic mass is 10.2. The summed E-state index contributed by atoms with van der Waals surface area (Å²) in [6.07, 6.45) is 0. The molecule has 2 aromatic carbocycles. The Bertz CT molecular complexity index is 745. The molecule has 0 aliphatic carbocycles. The number of hydrogen-bond donors (Lipinski definition) is 2. The van der Waals surface area contributed by atoms with E-state index in [2.05, 4.69) is 33.1 Å². The van der Waals surface area contributed by atoms with E-state index in [4.69, 9.17) is 5.11 Å². The highest BCUT2D eigenvalue weighted by molar-refractivity contribution is 9.10. The number of benzene rings is 2. The highest BCUT2D eigenvalue weighted by Crippen LogP contribution is 2.26. The standard InChI is InChI=1S/C16H10BrNO3/c17-13-8-4-7-12(16(20)21)15(13)18-14(19)10-9-11-5-2-1-3-6-11/h1-8H,(H,18,19)(H,20,21). The van der Waals surface area contributed by atoms with Gasteiger partial charge in [-0.2, -0.15) is 0 Å². The zero-order valence-electron chi connectivity index (χ0n) is 10.8. The lowest BCUT2D eigenvalue weighted by Crippen LogP contribution is -2.13. The van der Waals surface area contributed by atoms with Gasteiger partial charge in [0.2, 0.25) is 0 Å². The van der Waals surface area contributed by atoms with Crippen LogP contribution in [0.5, 0.6) is 0 Å². The van der Waals surface area contributed by atoms with Gasteiger partial charge in [-0.25, -0.2) is 4.79 Å². The molecule has 1 amide bonds. The Morgan fingerprint density at radius 3 is 2.43 bits per heavy atom. The Hall–Kier alpha value is -2.58. The van der Waals surface area contributed by atoms with E-state index in [9.17, 15) is 9.59 Å². The predicted molar refractivity (Wildman–Crippen MR) is 83.1 cm³/mol. The molecule has 2 aromatic rings. The third-order valence-corrected chi connectivity index (χ3v) is 3.24. The Balaban J connectivity index is 2.22. The molecule has 104 valence electrons. The predicted octanol–water partition coefficient (Wildman–Crippen LogP) is 3.14. The van der Waals surface area contributed by atoms with E-state index in [-0.39, 0.29) is 11.3 Å². The molecule has 2 N–H and O–H groups in total. The number of nitrogens with one attached hydrogen (secondary N) is 1. The lowest BCUT2D eigenvalue weighted by Gasteiger charge is -2.07. The molecule has 0 fully saturated rings. The van der Waals surface area contributed by atoms with Crippen molar-refractivity contribution in [1.29, 1.82) is 0 Å². The fourth-order valence-electron chi connectivity index (χ4n) is 1.62. The van der Waals surface area contributed by atoms with Crippen molar-refractivity contribution in [1.82, 2.24) is 0 Å². The SMILES string of the molecule is O=C(C#Cc1ccccc1)Nc1c(Br)cccc1C(=O)O. The van der Waals surface area contributed by atoms with Crippen LogP contribution in [0.25, 0.3) is 0 Å². The zero-order chi connectivity index (χ0) is 15.2. The summed E-state index contributed by atoms with van der Waals surface area (Å²) in [6, 6.07) is 13.7. The van der Waals surface area contributed by atoms with E-state index >= 15 is 0 Å². The number of halogens is 1. The van der Waals surface area contributed by atoms with E-state index in [0.717, 1.165) is 0 Å². The first-order valence-corrected chi connectivity index (χ1v) is 6.77. The molecule has 4 nitrogen and oxygen atoms in total. The average Bonchev–Trinajstić information content (AvgIpc) is 2.48. The summed E-state index contributed by atoms with van der Waals surface area (Å²) in [5.41, 5.74) is 0.898. The molecule has 0 heterocycles. The Morgan fingerprint density at radius 1 is 1.05 bits per heavy atom. The lowest BCUT2D eigenvalue weighted by molar-refractivity contribution is -0.111. The highest BCUT2D eigenvalue weighted by Gasteiger charge is 2.14. The first-order chi connectivity index (χ1) is 10.1. The van der Waals surface area contributed by atoms with Crippen molar-refractivity contribution < 1.29 is 14.7 Å². The molecule has 0 spiro atoms. The van der Waals surface area contributed by atoms with E-state index in [1.54, 1.807) is 24.3 Å². The van der Waals surface area contributed by atoms with E-state index in [1.165, 1.54) is 6.07 Å². The van der Waals surface area contributed by atoms with Crippen LogP contribution in [0.3, 0.4) is 0 Å². The molecule has 0 aliphatic rings. The van der Waals surface area contributed by atoms with Crippen molar-refractivity contribution in [2.24, 2.45) is 0 Å². The first kappa shape index (κ1) is 14.8. The molecule has 0 aromatic heterocycles. The number of amides is 1. The van der Waals surface area contributed by atoms with Crippen molar-refractivity contribution >= 4 is 33.5 Å². The summed E-state index contributed by atoms with van der Waals surface area (Å²) in [4.78, 5) is 22.9. The third-order valence-electron chi connectivity index (χ3n) is 2.58. The van der Waals surface area contributed by atoms with Crippen LogP contribution in [0.4, 0.5) is 5.69 Å². The number of carboxylic acids is 1. The van der Waals surface area contributed by atoms with Gasteiger partial charge in [-0.3, -0.25) is 4.79 Å². The average molecular weight is 344 g/mol. The molecular weight excluding hydrogens is 334 g/mol. The number of carbonyl (C=O) groups excluding carboxylic acids is 1. The van der Waals surface area contributed by atoms with Crippen molar-refractivity contribution in [3.8, 4) is 11.8 Å². The molecule has 0 radical (unpaired) electrons. The molecule has 0 unspecified atom stereocenters. The minimum Gasteiger partial charge on any atom is -0.478 e. The van der Waals surface area contributed by atoms with Gasteiger partial charge in [0.05, 0.1) is 11.3 Å². The largest absolute Gasteiger partial charge is 0.478 e. The van der Waals surface area contributed by atoms with Crippen LogP contribution in [0, 0.1) is 11.8 Å². The van der Waals surface area contributed by atoms with Crippen molar-refractivity contribution in [3.63, 3.8) is 0 Å². The van der Waals surface area contributed by atoms with E-state index < -0.39 is 11.9 Å². The zero-order valence-corrected chi connectivity index (χ0v) is 12.3. The quantitative estimate of drug-likeness (QED) is 0.823. The number of carbonyl (C=O) groups is 2. The smallest absolute Gasteiger partial charge is 0.337 e. The van der Waals surface area contributed by atoms with Crippen LogP contribution in [-0.4, -0.2) is 17.0 Å². The molecule has 0 saturated heterocycles. The van der Waals surface area contributed by atoms with Crippen LogP contribution < -0.4 is 5.32 Å². The van der Waals surface area contributed by atoms with Gasteiger partial charge in [-0.1, -0.05) is 30.2 Å². The fraction of sp³-hybridized carbons (Fsp3) is 0. The van der Waals surface area contributed by atoms with E-state index in [0.29, 0.717) is 10.0 Å². The van der Waals surface area contributed by atoms with Crippen molar-refractivity contribution in [2.45, 2.75) is 0 Å². The van der Waals surface area contributed by atoms with Crippen LogP contribution in [0.15, 0.2) is 53.0 Å². The number of carboxylic acid groups (broad SMARTS) is 1. The maximum absolute atomic E-state index is 11.8. The summed E-state index contributed by atoms with van der Waals surface area (Å²) in [6.45, 7) is 0. The second-order valence-corrected chi connectivity index (χ2v) is 4.89. The molecule has 21 heavy (non-hydrogen) atoms. The highest BCUT2D eigenvalue weighted by atomic mass is 79.9. The van der Waals surface area contributed by atoms with Gasteiger partial charge in [0.25, 0.3) is 0 Å². The molecule has 0 atom stereocenters. The Morgan fingerprint density at radius 2 is 1.76 bits per heavy atom. The third kappa shape index (κ3) is 3.94. The van der Waals surface area contributed by atoms with Crippen LogP contribution in [-0.2, 0) is 4.79 Å². The maximum Gasteiger partial charge on any atom is 0.337 e. The van der Waals surface area contributed by atoms with Crippen molar-refractivity contribution in [2.75, 3.05) is 5.32 Å². The molecular formula is C16H10BrNO3. The second kappa shape index (κ2) is 6.73. The van der Waals surface area contributed by atoms with Gasteiger partial charge in [-0.15, -0.1) is 0 Å². The normalized spacial score (nSPS) is 9.38. The molecule has 5 heteroatoms. The van der Waals surface area contributed by atoms with E-state index in [1.807, 2.05) is 18.2 Å². The molecule has 2 rings (SSSR count). The maximum atomic E-state index is 11.8. The Labute approximate surface area is 129 Å². The van der Waals surface area contributed by atoms with Crippen LogP contribution in [0.1, 0.15) is 15.9 Å². The number of rotatable bonds is 2. The number of hydrogen-bond acceptors (Lipinski definition) is 2. The summed E-state index contributed by atoms with van der Waals surface area (Å²) in [5, 5.41) is 11.6. The fourth-order valence-corrected chi connectivity index (χ4v) is 2.09. The second-order valence-electron chi connectivity index (χ2n) is 4.04. The molecule has 0 aliphatic heterocycles. The monoisotopic (exact) mass is 343 g/mol. The van der Waals surface area contributed by atoms with Gasteiger partial charge in [0.1, 0.15) is 0 Å². The van der Waals surface area contributed by atoms with Crippen LogP contribution in [0.2, 0.25) is 0 Å². The van der Waals surface area contributed by atoms with Crippen LogP contribution >= 0.6 is 15.9 Å². The topological polar surface area (TPSA) is 66.4 Å².